The molecular formula is C16H35NSi. The molecule has 0 aliphatic carbocycles. The van der Waals surface area contributed by atoms with E-state index in [2.05, 4.69) is 50.5 Å². The van der Waals surface area contributed by atoms with Gasteiger partial charge in [0.05, 0.1) is 8.07 Å². The fraction of sp³-hybridized carbons (Fsp3) is 0.875. The molecular weight excluding hydrogens is 234 g/mol. The van der Waals surface area contributed by atoms with Gasteiger partial charge in [0.15, 0.2) is 0 Å². The molecule has 0 N–H and O–H groups in total. The molecule has 0 saturated heterocycles. The van der Waals surface area contributed by atoms with E-state index in [9.17, 15) is 0 Å². The Kier molecular flexibility index (Phi) is 10.8. The van der Waals surface area contributed by atoms with E-state index < -0.39 is 8.07 Å². The van der Waals surface area contributed by atoms with Crippen molar-refractivity contribution >= 4 is 8.07 Å². The lowest BCUT2D eigenvalue weighted by Crippen LogP contribution is -2.30. The van der Waals surface area contributed by atoms with Crippen LogP contribution in [-0.4, -0.2) is 32.6 Å². The highest BCUT2D eigenvalue weighted by Gasteiger charge is 2.16. The van der Waals surface area contributed by atoms with Crippen LogP contribution in [0.15, 0.2) is 11.8 Å². The van der Waals surface area contributed by atoms with E-state index in [1.807, 2.05) is 0 Å². The van der Waals surface area contributed by atoms with Gasteiger partial charge in [-0.25, -0.2) is 0 Å². The molecule has 0 atom stereocenters. The SMILES string of the molecule is C/C=C\[Si](C)(C)CCCN(CCCC)CCCC. The molecule has 18 heavy (non-hydrogen) atoms. The Hall–Kier alpha value is -0.0831. The predicted molar refractivity (Wildman–Crippen MR) is 88.0 cm³/mol. The first-order valence-corrected chi connectivity index (χ1v) is 11.2. The Bertz CT molecular complexity index is 203. The summed E-state index contributed by atoms with van der Waals surface area (Å²) in [6, 6.07) is 1.44. The molecule has 0 amide bonds. The lowest BCUT2D eigenvalue weighted by Gasteiger charge is -2.24. The van der Waals surface area contributed by atoms with Crippen molar-refractivity contribution in [2.24, 2.45) is 0 Å². The summed E-state index contributed by atoms with van der Waals surface area (Å²) in [5.41, 5.74) is 2.48. The third-order valence-corrected chi connectivity index (χ3v) is 6.45. The molecule has 0 fully saturated rings. The van der Waals surface area contributed by atoms with Crippen LogP contribution in [0.3, 0.4) is 0 Å². The van der Waals surface area contributed by atoms with E-state index in [0.717, 1.165) is 0 Å². The fourth-order valence-electron chi connectivity index (χ4n) is 2.39. The van der Waals surface area contributed by atoms with Crippen LogP contribution in [0.1, 0.15) is 52.9 Å². The van der Waals surface area contributed by atoms with Crippen molar-refractivity contribution in [3.8, 4) is 0 Å². The summed E-state index contributed by atoms with van der Waals surface area (Å²) in [5, 5.41) is 0. The van der Waals surface area contributed by atoms with E-state index in [1.54, 1.807) is 0 Å². The molecule has 0 aromatic heterocycles. The van der Waals surface area contributed by atoms with Crippen LogP contribution in [0, 0.1) is 0 Å². The van der Waals surface area contributed by atoms with Crippen LogP contribution < -0.4 is 0 Å². The van der Waals surface area contributed by atoms with Gasteiger partial charge in [0, 0.05) is 0 Å². The molecule has 2 heteroatoms. The molecule has 0 heterocycles. The summed E-state index contributed by atoms with van der Waals surface area (Å²) in [6.07, 6.45) is 9.00. The Labute approximate surface area is 117 Å². The standard InChI is InChI=1S/C16H35NSi/c1-6-9-12-17(13-10-7-2)14-11-16-18(4,5)15-8-3/h8,15H,6-7,9-14,16H2,1-5H3/b15-8-. The summed E-state index contributed by atoms with van der Waals surface area (Å²) >= 11 is 0. The van der Waals surface area contributed by atoms with Crippen LogP contribution in [0.4, 0.5) is 0 Å². The minimum atomic E-state index is -1.04. The van der Waals surface area contributed by atoms with E-state index in [4.69, 9.17) is 0 Å². The monoisotopic (exact) mass is 269 g/mol. The molecule has 0 bridgehead atoms. The highest BCUT2D eigenvalue weighted by atomic mass is 28.3. The van der Waals surface area contributed by atoms with Crippen LogP contribution in [0.2, 0.25) is 19.1 Å². The average molecular weight is 270 g/mol. The molecule has 108 valence electrons. The fourth-order valence-corrected chi connectivity index (χ4v) is 4.53. The summed E-state index contributed by atoms with van der Waals surface area (Å²) in [7, 11) is -1.04. The highest BCUT2D eigenvalue weighted by molar-refractivity contribution is 6.82. The highest BCUT2D eigenvalue weighted by Crippen LogP contribution is 2.14. The van der Waals surface area contributed by atoms with Crippen molar-refractivity contribution < 1.29 is 0 Å². The minimum Gasteiger partial charge on any atom is -0.303 e. The molecule has 0 aromatic rings. The Morgan fingerprint density at radius 2 is 1.39 bits per heavy atom. The maximum atomic E-state index is 2.69. The normalized spacial score (nSPS) is 12.8. The Balaban J connectivity index is 3.93. The molecule has 0 aromatic carbocycles. The summed E-state index contributed by atoms with van der Waals surface area (Å²) in [5.74, 6) is 0. The van der Waals surface area contributed by atoms with Gasteiger partial charge in [-0.2, -0.15) is 0 Å². The molecule has 0 unspecified atom stereocenters. The first-order chi connectivity index (χ1) is 8.55. The lowest BCUT2D eigenvalue weighted by molar-refractivity contribution is 0.265. The zero-order chi connectivity index (χ0) is 13.9. The number of hydrogen-bond donors (Lipinski definition) is 0. The van der Waals surface area contributed by atoms with Crippen molar-refractivity contribution in [1.29, 1.82) is 0 Å². The van der Waals surface area contributed by atoms with E-state index >= 15 is 0 Å². The number of hydrogen-bond acceptors (Lipinski definition) is 1. The maximum absolute atomic E-state index is 2.69. The summed E-state index contributed by atoms with van der Waals surface area (Å²) < 4.78 is 0. The first-order valence-electron chi connectivity index (χ1n) is 7.92. The minimum absolute atomic E-state index is 1.04. The van der Waals surface area contributed by atoms with Gasteiger partial charge in [-0.3, -0.25) is 0 Å². The molecule has 0 aliphatic rings. The lowest BCUT2D eigenvalue weighted by atomic mass is 10.2. The van der Waals surface area contributed by atoms with Gasteiger partial charge in [-0.05, 0) is 45.8 Å². The van der Waals surface area contributed by atoms with Crippen molar-refractivity contribution in [1.82, 2.24) is 4.90 Å². The van der Waals surface area contributed by atoms with E-state index in [-0.39, 0.29) is 0 Å². The summed E-state index contributed by atoms with van der Waals surface area (Å²) in [6.45, 7) is 15.6. The van der Waals surface area contributed by atoms with Crippen LogP contribution in [-0.2, 0) is 0 Å². The second kappa shape index (κ2) is 10.8. The van der Waals surface area contributed by atoms with Crippen molar-refractivity contribution in [2.75, 3.05) is 19.6 Å². The van der Waals surface area contributed by atoms with Crippen molar-refractivity contribution in [3.63, 3.8) is 0 Å². The molecule has 0 radical (unpaired) electrons. The largest absolute Gasteiger partial charge is 0.303 e. The van der Waals surface area contributed by atoms with Gasteiger partial charge in [0.2, 0.25) is 0 Å². The zero-order valence-corrected chi connectivity index (χ0v) is 14.5. The molecule has 0 saturated carbocycles. The van der Waals surface area contributed by atoms with E-state index in [0.29, 0.717) is 0 Å². The number of unbranched alkanes of at least 4 members (excludes halogenated alkanes) is 2. The van der Waals surface area contributed by atoms with Crippen LogP contribution >= 0.6 is 0 Å². The van der Waals surface area contributed by atoms with Gasteiger partial charge >= 0.3 is 0 Å². The second-order valence-corrected chi connectivity index (χ2v) is 11.0. The first kappa shape index (κ1) is 17.9. The van der Waals surface area contributed by atoms with Gasteiger partial charge in [-0.1, -0.05) is 57.6 Å². The van der Waals surface area contributed by atoms with Gasteiger partial charge in [0.25, 0.3) is 0 Å². The number of nitrogens with zero attached hydrogens (tertiary/aromatic N) is 1. The Morgan fingerprint density at radius 1 is 0.889 bits per heavy atom. The quantitative estimate of drug-likeness (QED) is 0.472. The van der Waals surface area contributed by atoms with E-state index in [1.165, 1.54) is 57.8 Å². The zero-order valence-electron chi connectivity index (χ0n) is 13.5. The topological polar surface area (TPSA) is 3.24 Å². The third-order valence-electron chi connectivity index (χ3n) is 3.57. The summed E-state index contributed by atoms with van der Waals surface area (Å²) in [4.78, 5) is 2.69. The molecule has 1 nitrogen and oxygen atoms in total. The smallest absolute Gasteiger partial charge is 0.0713 e. The van der Waals surface area contributed by atoms with Crippen LogP contribution in [0.5, 0.6) is 0 Å². The van der Waals surface area contributed by atoms with Gasteiger partial charge in [-0.15, -0.1) is 0 Å². The van der Waals surface area contributed by atoms with Crippen LogP contribution in [0.25, 0.3) is 0 Å². The molecule has 0 aliphatic heterocycles. The predicted octanol–water partition coefficient (Wildman–Crippen LogP) is 5.10. The van der Waals surface area contributed by atoms with Crippen molar-refractivity contribution in [2.45, 2.75) is 72.0 Å². The van der Waals surface area contributed by atoms with Crippen molar-refractivity contribution in [3.05, 3.63) is 11.8 Å². The Morgan fingerprint density at radius 3 is 1.83 bits per heavy atom. The number of allylic oxidation sites excluding steroid dienone is 1. The number of rotatable bonds is 11. The van der Waals surface area contributed by atoms with Gasteiger partial charge in [0.1, 0.15) is 0 Å². The third kappa shape index (κ3) is 9.90. The maximum Gasteiger partial charge on any atom is 0.0713 e. The molecule has 0 rings (SSSR count). The average Bonchev–Trinajstić information content (AvgIpc) is 2.31. The second-order valence-electron chi connectivity index (χ2n) is 6.14. The molecule has 0 spiro atoms. The van der Waals surface area contributed by atoms with Gasteiger partial charge < -0.3 is 4.90 Å².